The van der Waals surface area contributed by atoms with Crippen LogP contribution in [-0.4, -0.2) is 18.9 Å². The molecule has 6 heteroatoms. The summed E-state index contributed by atoms with van der Waals surface area (Å²) in [4.78, 5) is 25.1. The van der Waals surface area contributed by atoms with Gasteiger partial charge in [-0.2, -0.15) is 0 Å². The van der Waals surface area contributed by atoms with Crippen molar-refractivity contribution in [3.8, 4) is 0 Å². The van der Waals surface area contributed by atoms with E-state index < -0.39 is 0 Å². The molecule has 0 spiro atoms. The Morgan fingerprint density at radius 1 is 1.30 bits per heavy atom. The Morgan fingerprint density at radius 3 is 2.75 bits per heavy atom. The molecule has 0 radical (unpaired) electrons. The Morgan fingerprint density at radius 2 is 2.05 bits per heavy atom. The summed E-state index contributed by atoms with van der Waals surface area (Å²) in [6.45, 7) is 0. The summed E-state index contributed by atoms with van der Waals surface area (Å²) in [6, 6.07) is 9.14. The Kier molecular flexibility index (Phi) is 5.34. The third-order valence-electron chi connectivity index (χ3n) is 2.60. The third-order valence-corrected chi connectivity index (χ3v) is 5.12. The van der Waals surface area contributed by atoms with Gasteiger partial charge in [0.25, 0.3) is 0 Å². The molecule has 3 nitrogen and oxygen atoms in total. The first-order valence-corrected chi connectivity index (χ1v) is 8.35. The normalized spacial score (nSPS) is 10.3. The largest absolute Gasteiger partial charge is 0.469 e. The number of thiophene rings is 1. The summed E-state index contributed by atoms with van der Waals surface area (Å²) in [5.41, 5.74) is 0.659. The lowest BCUT2D eigenvalue weighted by atomic mass is 10.1. The second-order valence-electron chi connectivity index (χ2n) is 3.97. The number of halogens is 2. The predicted octanol–water partition coefficient (Wildman–Crippen LogP) is 4.06. The van der Waals surface area contributed by atoms with Gasteiger partial charge in [0, 0.05) is 18.5 Å². The van der Waals surface area contributed by atoms with Crippen molar-refractivity contribution in [3.05, 3.63) is 53.7 Å². The highest BCUT2D eigenvalue weighted by Crippen LogP contribution is 2.25. The van der Waals surface area contributed by atoms with E-state index in [4.69, 9.17) is 0 Å². The van der Waals surface area contributed by atoms with Gasteiger partial charge >= 0.3 is 5.97 Å². The summed E-state index contributed by atoms with van der Waals surface area (Å²) in [5.74, 6) is -0.334. The van der Waals surface area contributed by atoms with E-state index in [0.29, 0.717) is 10.4 Å². The number of rotatable bonds is 4. The van der Waals surface area contributed by atoms with Crippen LogP contribution in [0.25, 0.3) is 0 Å². The van der Waals surface area contributed by atoms with Crippen LogP contribution in [0.1, 0.15) is 20.1 Å². The van der Waals surface area contributed by atoms with E-state index in [0.717, 1.165) is 12.9 Å². The Labute approximate surface area is 142 Å². The van der Waals surface area contributed by atoms with Gasteiger partial charge < -0.3 is 4.74 Å². The fraction of sp³-hybridized carbons (Fsp3) is 0.143. The molecular weight excluding hydrogens is 455 g/mol. The predicted molar refractivity (Wildman–Crippen MR) is 90.3 cm³/mol. The standard InChI is InChI=1S/C14H10BrIO3S/c1-19-13(17)7-9-3-5-12(20-9)14(18)10-6-8(15)2-4-11(10)16/h2-6H,7H2,1H3. The van der Waals surface area contributed by atoms with E-state index in [1.54, 1.807) is 12.1 Å². The second kappa shape index (κ2) is 6.82. The number of hydrogen-bond acceptors (Lipinski definition) is 4. The SMILES string of the molecule is COC(=O)Cc1ccc(C(=O)c2cc(Br)ccc2I)s1. The molecule has 20 heavy (non-hydrogen) atoms. The molecule has 1 aromatic heterocycles. The quantitative estimate of drug-likeness (QED) is 0.389. The number of ketones is 1. The average molecular weight is 465 g/mol. The van der Waals surface area contributed by atoms with Gasteiger partial charge in [-0.05, 0) is 52.9 Å². The summed E-state index contributed by atoms with van der Waals surface area (Å²) in [6.07, 6.45) is 0.198. The van der Waals surface area contributed by atoms with Gasteiger partial charge in [-0.3, -0.25) is 9.59 Å². The van der Waals surface area contributed by atoms with Crippen LogP contribution >= 0.6 is 49.9 Å². The van der Waals surface area contributed by atoms with Crippen LogP contribution < -0.4 is 0 Å². The molecule has 0 fully saturated rings. The maximum atomic E-state index is 12.5. The van der Waals surface area contributed by atoms with Crippen LogP contribution in [-0.2, 0) is 16.0 Å². The molecule has 1 aromatic carbocycles. The molecule has 0 aliphatic rings. The van der Waals surface area contributed by atoms with E-state index in [-0.39, 0.29) is 18.2 Å². The van der Waals surface area contributed by atoms with Gasteiger partial charge in [-0.1, -0.05) is 15.9 Å². The first-order chi connectivity index (χ1) is 9.51. The number of carbonyl (C=O) groups excluding carboxylic acids is 2. The highest BCUT2D eigenvalue weighted by atomic mass is 127. The minimum Gasteiger partial charge on any atom is -0.469 e. The van der Waals surface area contributed by atoms with Crippen molar-refractivity contribution in [2.75, 3.05) is 7.11 Å². The Bertz CT molecular complexity index is 666. The van der Waals surface area contributed by atoms with E-state index in [1.165, 1.54) is 18.4 Å². The minimum atomic E-state index is -0.303. The van der Waals surface area contributed by atoms with Gasteiger partial charge in [0.05, 0.1) is 18.4 Å². The number of carbonyl (C=O) groups is 2. The van der Waals surface area contributed by atoms with Crippen molar-refractivity contribution in [1.82, 2.24) is 0 Å². The average Bonchev–Trinajstić information content (AvgIpc) is 2.89. The number of hydrogen-bond donors (Lipinski definition) is 0. The number of benzene rings is 1. The van der Waals surface area contributed by atoms with Crippen LogP contribution in [0.5, 0.6) is 0 Å². The van der Waals surface area contributed by atoms with E-state index >= 15 is 0 Å². The first-order valence-electron chi connectivity index (χ1n) is 5.66. The molecule has 0 unspecified atom stereocenters. The van der Waals surface area contributed by atoms with Crippen LogP contribution in [0.2, 0.25) is 0 Å². The monoisotopic (exact) mass is 464 g/mol. The summed E-state index contributed by atoms with van der Waals surface area (Å²) in [7, 11) is 1.35. The topological polar surface area (TPSA) is 43.4 Å². The molecule has 0 amide bonds. The van der Waals surface area contributed by atoms with Crippen LogP contribution in [0, 0.1) is 3.57 Å². The van der Waals surface area contributed by atoms with Crippen LogP contribution in [0.4, 0.5) is 0 Å². The molecular formula is C14H10BrIO3S. The zero-order valence-electron chi connectivity index (χ0n) is 10.5. The maximum Gasteiger partial charge on any atom is 0.310 e. The Balaban J connectivity index is 2.25. The van der Waals surface area contributed by atoms with Crippen molar-refractivity contribution >= 4 is 61.6 Å². The molecule has 0 saturated carbocycles. The summed E-state index contributed by atoms with van der Waals surface area (Å²) in [5, 5.41) is 0. The maximum absolute atomic E-state index is 12.5. The lowest BCUT2D eigenvalue weighted by Crippen LogP contribution is -2.03. The Hall–Kier alpha value is -0.730. The number of methoxy groups -OCH3 is 1. The fourth-order valence-corrected chi connectivity index (χ4v) is 3.50. The third kappa shape index (κ3) is 3.67. The van der Waals surface area contributed by atoms with Crippen molar-refractivity contribution < 1.29 is 14.3 Å². The highest BCUT2D eigenvalue weighted by molar-refractivity contribution is 14.1. The molecule has 1 heterocycles. The van der Waals surface area contributed by atoms with E-state index in [2.05, 4.69) is 43.3 Å². The summed E-state index contributed by atoms with van der Waals surface area (Å²) < 4.78 is 6.39. The number of ether oxygens (including phenoxy) is 1. The van der Waals surface area contributed by atoms with Crippen molar-refractivity contribution in [2.45, 2.75) is 6.42 Å². The van der Waals surface area contributed by atoms with Crippen molar-refractivity contribution in [3.63, 3.8) is 0 Å². The minimum absolute atomic E-state index is 0.0307. The lowest BCUT2D eigenvalue weighted by Gasteiger charge is -2.02. The van der Waals surface area contributed by atoms with Gasteiger partial charge in [0.1, 0.15) is 0 Å². The number of esters is 1. The zero-order valence-corrected chi connectivity index (χ0v) is 15.0. The highest BCUT2D eigenvalue weighted by Gasteiger charge is 2.16. The van der Waals surface area contributed by atoms with Crippen molar-refractivity contribution in [1.29, 1.82) is 0 Å². The van der Waals surface area contributed by atoms with E-state index in [9.17, 15) is 9.59 Å². The summed E-state index contributed by atoms with van der Waals surface area (Å²) >= 11 is 6.84. The molecule has 0 bridgehead atoms. The van der Waals surface area contributed by atoms with Crippen molar-refractivity contribution in [2.24, 2.45) is 0 Å². The van der Waals surface area contributed by atoms with Crippen LogP contribution in [0.15, 0.2) is 34.8 Å². The van der Waals surface area contributed by atoms with Gasteiger partial charge in [-0.25, -0.2) is 0 Å². The first kappa shape index (κ1) is 15.7. The molecule has 2 rings (SSSR count). The molecule has 2 aromatic rings. The van der Waals surface area contributed by atoms with Gasteiger partial charge in [0.15, 0.2) is 0 Å². The second-order valence-corrected chi connectivity index (χ2v) is 7.22. The smallest absolute Gasteiger partial charge is 0.310 e. The van der Waals surface area contributed by atoms with Crippen LogP contribution in [0.3, 0.4) is 0 Å². The zero-order chi connectivity index (χ0) is 14.7. The van der Waals surface area contributed by atoms with Gasteiger partial charge in [0.2, 0.25) is 5.78 Å². The molecule has 0 N–H and O–H groups in total. The molecule has 104 valence electrons. The van der Waals surface area contributed by atoms with Gasteiger partial charge in [-0.15, -0.1) is 11.3 Å². The molecule has 0 atom stereocenters. The molecule has 0 aliphatic carbocycles. The molecule has 0 saturated heterocycles. The lowest BCUT2D eigenvalue weighted by molar-refractivity contribution is -0.139. The fourth-order valence-electron chi connectivity index (χ4n) is 1.61. The molecule has 0 aliphatic heterocycles. The van der Waals surface area contributed by atoms with E-state index in [1.807, 2.05) is 18.2 Å².